The minimum atomic E-state index is 0. The van der Waals surface area contributed by atoms with Crippen LogP contribution in [0.25, 0.3) is 0 Å². The third-order valence-electron chi connectivity index (χ3n) is 4.89. The molecule has 0 saturated carbocycles. The standard InChI is InChI=1S/C21H34N2O.ClH/c1-20(2,3)16-11-15(12-17(13-16)21(4,5)6)19(24)22-18-9-8-10-23(7)14-18;/h11-13,18H,8-10,14H2,1-7H3,(H,22,24);1H. The summed E-state index contributed by atoms with van der Waals surface area (Å²) in [5.41, 5.74) is 3.30. The Bertz CT molecular complexity index is 567. The molecule has 1 atom stereocenters. The van der Waals surface area contributed by atoms with E-state index in [1.54, 1.807) is 0 Å². The molecule has 1 unspecified atom stereocenters. The molecule has 0 aliphatic carbocycles. The van der Waals surface area contributed by atoms with E-state index in [0.717, 1.165) is 31.5 Å². The lowest BCUT2D eigenvalue weighted by atomic mass is 9.79. The Kier molecular flexibility index (Phi) is 7.12. The van der Waals surface area contributed by atoms with Crippen molar-refractivity contribution in [2.45, 2.75) is 71.3 Å². The zero-order valence-electron chi connectivity index (χ0n) is 16.9. The number of rotatable bonds is 2. The van der Waals surface area contributed by atoms with Gasteiger partial charge in [-0.05, 0) is 60.5 Å². The van der Waals surface area contributed by atoms with E-state index in [1.165, 1.54) is 11.1 Å². The average molecular weight is 367 g/mol. The van der Waals surface area contributed by atoms with Gasteiger partial charge < -0.3 is 10.2 Å². The van der Waals surface area contributed by atoms with E-state index in [9.17, 15) is 4.79 Å². The molecule has 0 aromatic heterocycles. The second-order valence-electron chi connectivity index (χ2n) is 9.37. The molecule has 2 rings (SSSR count). The minimum absolute atomic E-state index is 0. The zero-order chi connectivity index (χ0) is 18.1. The number of likely N-dealkylation sites (tertiary alicyclic amines) is 1. The van der Waals surface area contributed by atoms with Gasteiger partial charge in [-0.25, -0.2) is 0 Å². The molecular weight excluding hydrogens is 332 g/mol. The van der Waals surface area contributed by atoms with Crippen molar-refractivity contribution in [2.24, 2.45) is 0 Å². The van der Waals surface area contributed by atoms with Crippen molar-refractivity contribution >= 4 is 18.3 Å². The van der Waals surface area contributed by atoms with Gasteiger partial charge in [0.1, 0.15) is 0 Å². The number of hydrogen-bond donors (Lipinski definition) is 1. The third-order valence-corrected chi connectivity index (χ3v) is 4.89. The van der Waals surface area contributed by atoms with Gasteiger partial charge in [-0.15, -0.1) is 12.4 Å². The predicted molar refractivity (Wildman–Crippen MR) is 109 cm³/mol. The lowest BCUT2D eigenvalue weighted by Crippen LogP contribution is -2.46. The second kappa shape index (κ2) is 8.09. The van der Waals surface area contributed by atoms with E-state index >= 15 is 0 Å². The van der Waals surface area contributed by atoms with Crippen molar-refractivity contribution in [1.82, 2.24) is 10.2 Å². The molecule has 3 nitrogen and oxygen atoms in total. The molecule has 4 heteroatoms. The second-order valence-corrected chi connectivity index (χ2v) is 9.37. The Balaban J connectivity index is 0.00000312. The lowest BCUT2D eigenvalue weighted by Gasteiger charge is -2.30. The van der Waals surface area contributed by atoms with Crippen molar-refractivity contribution in [3.63, 3.8) is 0 Å². The van der Waals surface area contributed by atoms with Crippen LogP contribution >= 0.6 is 12.4 Å². The van der Waals surface area contributed by atoms with Crippen LogP contribution in [-0.4, -0.2) is 37.0 Å². The van der Waals surface area contributed by atoms with Gasteiger partial charge in [0.15, 0.2) is 0 Å². The highest BCUT2D eigenvalue weighted by Crippen LogP contribution is 2.30. The maximum absolute atomic E-state index is 12.8. The van der Waals surface area contributed by atoms with Gasteiger partial charge in [0.05, 0.1) is 0 Å². The molecule has 1 aliphatic rings. The van der Waals surface area contributed by atoms with Crippen LogP contribution in [0, 0.1) is 0 Å². The first-order valence-electron chi connectivity index (χ1n) is 9.12. The summed E-state index contributed by atoms with van der Waals surface area (Å²) in [4.78, 5) is 15.1. The summed E-state index contributed by atoms with van der Waals surface area (Å²) in [7, 11) is 2.12. The molecule has 1 fully saturated rings. The van der Waals surface area contributed by atoms with Crippen molar-refractivity contribution in [1.29, 1.82) is 0 Å². The van der Waals surface area contributed by atoms with Crippen molar-refractivity contribution < 1.29 is 4.79 Å². The molecule has 1 heterocycles. The fourth-order valence-corrected chi connectivity index (χ4v) is 3.18. The minimum Gasteiger partial charge on any atom is -0.348 e. The molecule has 142 valence electrons. The van der Waals surface area contributed by atoms with Gasteiger partial charge in [-0.3, -0.25) is 4.79 Å². The number of halogens is 1. The maximum atomic E-state index is 12.8. The summed E-state index contributed by atoms with van der Waals surface area (Å²) < 4.78 is 0. The van der Waals surface area contributed by atoms with E-state index in [-0.39, 0.29) is 35.2 Å². The summed E-state index contributed by atoms with van der Waals surface area (Å²) in [5.74, 6) is 0.0619. The third kappa shape index (κ3) is 6.00. The van der Waals surface area contributed by atoms with Gasteiger partial charge in [0.25, 0.3) is 5.91 Å². The molecule has 1 saturated heterocycles. The highest BCUT2D eigenvalue weighted by molar-refractivity contribution is 5.95. The lowest BCUT2D eigenvalue weighted by molar-refractivity contribution is 0.0912. The Hall–Kier alpha value is -1.06. The van der Waals surface area contributed by atoms with E-state index in [4.69, 9.17) is 0 Å². The number of nitrogens with zero attached hydrogens (tertiary/aromatic N) is 1. The zero-order valence-corrected chi connectivity index (χ0v) is 17.7. The predicted octanol–water partition coefficient (Wildman–Crippen LogP) is 4.53. The van der Waals surface area contributed by atoms with E-state index < -0.39 is 0 Å². The summed E-state index contributed by atoms with van der Waals surface area (Å²) in [6.45, 7) is 15.3. The van der Waals surface area contributed by atoms with Crippen LogP contribution in [-0.2, 0) is 10.8 Å². The number of carbonyl (C=O) groups excluding carboxylic acids is 1. The number of carbonyl (C=O) groups is 1. The highest BCUT2D eigenvalue weighted by Gasteiger charge is 2.24. The van der Waals surface area contributed by atoms with Crippen molar-refractivity contribution in [3.8, 4) is 0 Å². The summed E-state index contributed by atoms with van der Waals surface area (Å²) >= 11 is 0. The van der Waals surface area contributed by atoms with Crippen LogP contribution in [0.4, 0.5) is 0 Å². The van der Waals surface area contributed by atoms with Crippen LogP contribution in [0.5, 0.6) is 0 Å². The fraction of sp³-hybridized carbons (Fsp3) is 0.667. The van der Waals surface area contributed by atoms with Crippen molar-refractivity contribution in [3.05, 3.63) is 34.9 Å². The first-order valence-corrected chi connectivity index (χ1v) is 9.12. The van der Waals surface area contributed by atoms with Crippen LogP contribution in [0.1, 0.15) is 75.9 Å². The number of benzene rings is 1. The quantitative estimate of drug-likeness (QED) is 0.834. The molecule has 0 bridgehead atoms. The van der Waals surface area contributed by atoms with E-state index in [2.05, 4.69) is 77.0 Å². The molecule has 1 aliphatic heterocycles. The number of hydrogen-bond acceptors (Lipinski definition) is 2. The van der Waals surface area contributed by atoms with Gasteiger partial charge >= 0.3 is 0 Å². The molecule has 1 N–H and O–H groups in total. The molecular formula is C21H35ClN2O. The van der Waals surface area contributed by atoms with Gasteiger partial charge in [-0.1, -0.05) is 47.6 Å². The molecule has 0 spiro atoms. The summed E-state index contributed by atoms with van der Waals surface area (Å²) in [5, 5.41) is 3.24. The Morgan fingerprint density at radius 2 is 1.56 bits per heavy atom. The largest absolute Gasteiger partial charge is 0.348 e. The van der Waals surface area contributed by atoms with Crippen molar-refractivity contribution in [2.75, 3.05) is 20.1 Å². The monoisotopic (exact) mass is 366 g/mol. The van der Waals surface area contributed by atoms with Crippen LogP contribution in [0.2, 0.25) is 0 Å². The maximum Gasteiger partial charge on any atom is 0.251 e. The van der Waals surface area contributed by atoms with E-state index in [0.29, 0.717) is 0 Å². The first-order chi connectivity index (χ1) is 11.0. The first kappa shape index (κ1) is 22.0. The highest BCUT2D eigenvalue weighted by atomic mass is 35.5. The molecule has 0 radical (unpaired) electrons. The number of nitrogens with one attached hydrogen (secondary N) is 1. The molecule has 1 aromatic carbocycles. The topological polar surface area (TPSA) is 32.3 Å². The molecule has 1 amide bonds. The fourth-order valence-electron chi connectivity index (χ4n) is 3.18. The number of likely N-dealkylation sites (N-methyl/N-ethyl adjacent to an activating group) is 1. The normalized spacial score (nSPS) is 19.2. The summed E-state index contributed by atoms with van der Waals surface area (Å²) in [6, 6.07) is 6.65. The Labute approximate surface area is 160 Å². The molecule has 1 aromatic rings. The van der Waals surface area contributed by atoms with Gasteiger partial charge in [-0.2, -0.15) is 0 Å². The van der Waals surface area contributed by atoms with Gasteiger partial charge in [0.2, 0.25) is 0 Å². The van der Waals surface area contributed by atoms with E-state index in [1.807, 2.05) is 0 Å². The van der Waals surface area contributed by atoms with Crippen LogP contribution in [0.3, 0.4) is 0 Å². The summed E-state index contributed by atoms with van der Waals surface area (Å²) in [6.07, 6.45) is 2.22. The van der Waals surface area contributed by atoms with Gasteiger partial charge in [0, 0.05) is 18.2 Å². The van der Waals surface area contributed by atoms with Crippen LogP contribution < -0.4 is 5.32 Å². The molecule has 25 heavy (non-hydrogen) atoms. The number of amides is 1. The Morgan fingerprint density at radius 1 is 1.04 bits per heavy atom. The SMILES string of the molecule is CN1CCCC(NC(=O)c2cc(C(C)(C)C)cc(C(C)(C)C)c2)C1.Cl. The smallest absolute Gasteiger partial charge is 0.251 e. The average Bonchev–Trinajstić information content (AvgIpc) is 2.45. The van der Waals surface area contributed by atoms with Crippen LogP contribution in [0.15, 0.2) is 18.2 Å². The number of piperidine rings is 1. The Morgan fingerprint density at radius 3 is 2.00 bits per heavy atom.